The zero-order chi connectivity index (χ0) is 14.5. The summed E-state index contributed by atoms with van der Waals surface area (Å²) in [4.78, 5) is 16.1. The molecule has 20 heavy (non-hydrogen) atoms. The molecule has 0 radical (unpaired) electrons. The van der Waals surface area contributed by atoms with Crippen LogP contribution in [-0.4, -0.2) is 18.0 Å². The van der Waals surface area contributed by atoms with Gasteiger partial charge in [-0.25, -0.2) is 0 Å². The summed E-state index contributed by atoms with van der Waals surface area (Å²) in [6.45, 7) is 1.87. The maximum absolute atomic E-state index is 12.1. The number of hydrogen-bond donors (Lipinski definition) is 1. The van der Waals surface area contributed by atoms with Crippen molar-refractivity contribution in [3.05, 3.63) is 53.3 Å². The van der Waals surface area contributed by atoms with Gasteiger partial charge in [0.1, 0.15) is 5.75 Å². The van der Waals surface area contributed by atoms with Gasteiger partial charge in [0.25, 0.3) is 5.91 Å². The Morgan fingerprint density at radius 1 is 1.35 bits per heavy atom. The number of nitriles is 1. The Kier molecular flexibility index (Phi) is 3.96. The minimum atomic E-state index is -0.274. The predicted molar refractivity (Wildman–Crippen MR) is 74.6 cm³/mol. The van der Waals surface area contributed by atoms with Crippen molar-refractivity contribution < 1.29 is 9.53 Å². The zero-order valence-electron chi connectivity index (χ0n) is 11.2. The first-order chi connectivity index (χ1) is 9.63. The van der Waals surface area contributed by atoms with Gasteiger partial charge in [-0.3, -0.25) is 9.78 Å². The molecule has 100 valence electrons. The number of anilines is 1. The average molecular weight is 267 g/mol. The SMILES string of the molecule is COc1cc(C#N)ccc1NC(=O)c1cncc(C)c1. The lowest BCUT2D eigenvalue weighted by Gasteiger charge is -2.10. The van der Waals surface area contributed by atoms with Crippen molar-refractivity contribution in [2.45, 2.75) is 6.92 Å². The Balaban J connectivity index is 2.26. The smallest absolute Gasteiger partial charge is 0.257 e. The number of aryl methyl sites for hydroxylation is 1. The second-order valence-corrected chi connectivity index (χ2v) is 4.23. The van der Waals surface area contributed by atoms with Gasteiger partial charge >= 0.3 is 0 Å². The van der Waals surface area contributed by atoms with E-state index in [1.165, 1.54) is 13.3 Å². The molecule has 1 aromatic heterocycles. The highest BCUT2D eigenvalue weighted by atomic mass is 16.5. The number of amides is 1. The van der Waals surface area contributed by atoms with Gasteiger partial charge in [-0.05, 0) is 30.7 Å². The number of pyridine rings is 1. The van der Waals surface area contributed by atoms with Gasteiger partial charge < -0.3 is 10.1 Å². The number of rotatable bonds is 3. The number of carbonyl (C=O) groups is 1. The maximum atomic E-state index is 12.1. The molecule has 0 aliphatic rings. The lowest BCUT2D eigenvalue weighted by atomic mass is 10.2. The van der Waals surface area contributed by atoms with Crippen LogP contribution in [0.25, 0.3) is 0 Å². The van der Waals surface area contributed by atoms with E-state index >= 15 is 0 Å². The summed E-state index contributed by atoms with van der Waals surface area (Å²) in [5.41, 5.74) is 2.36. The molecular weight excluding hydrogens is 254 g/mol. The van der Waals surface area contributed by atoms with Gasteiger partial charge in [-0.15, -0.1) is 0 Å². The summed E-state index contributed by atoms with van der Waals surface area (Å²) < 4.78 is 5.17. The number of aromatic nitrogens is 1. The van der Waals surface area contributed by atoms with Crippen LogP contribution in [0.4, 0.5) is 5.69 Å². The summed E-state index contributed by atoms with van der Waals surface area (Å²) >= 11 is 0. The van der Waals surface area contributed by atoms with Crippen LogP contribution >= 0.6 is 0 Å². The van der Waals surface area contributed by atoms with Crippen LogP contribution in [0, 0.1) is 18.3 Å². The molecule has 0 aliphatic carbocycles. The Bertz CT molecular complexity index is 690. The summed E-state index contributed by atoms with van der Waals surface area (Å²) in [6, 6.07) is 8.60. The first kappa shape index (κ1) is 13.6. The van der Waals surface area contributed by atoms with Crippen molar-refractivity contribution in [3.63, 3.8) is 0 Å². The molecule has 0 saturated carbocycles. The number of ether oxygens (including phenoxy) is 1. The number of benzene rings is 1. The fourth-order valence-corrected chi connectivity index (χ4v) is 1.74. The minimum Gasteiger partial charge on any atom is -0.495 e. The number of methoxy groups -OCH3 is 1. The fourth-order valence-electron chi connectivity index (χ4n) is 1.74. The van der Waals surface area contributed by atoms with Crippen molar-refractivity contribution in [3.8, 4) is 11.8 Å². The first-order valence-electron chi connectivity index (χ1n) is 5.95. The monoisotopic (exact) mass is 267 g/mol. The molecule has 0 atom stereocenters. The number of nitrogens with one attached hydrogen (secondary N) is 1. The molecule has 1 amide bonds. The Morgan fingerprint density at radius 2 is 2.15 bits per heavy atom. The summed E-state index contributed by atoms with van der Waals surface area (Å²) in [5.74, 6) is 0.169. The molecule has 0 unspecified atom stereocenters. The predicted octanol–water partition coefficient (Wildman–Crippen LogP) is 2.52. The molecule has 1 aromatic carbocycles. The third-order valence-electron chi connectivity index (χ3n) is 2.72. The molecule has 2 aromatic rings. The number of carbonyl (C=O) groups excluding carboxylic acids is 1. The van der Waals surface area contributed by atoms with Crippen LogP contribution in [0.1, 0.15) is 21.5 Å². The van der Waals surface area contributed by atoms with Gasteiger partial charge in [0.2, 0.25) is 0 Å². The van der Waals surface area contributed by atoms with E-state index in [0.29, 0.717) is 22.6 Å². The van der Waals surface area contributed by atoms with E-state index < -0.39 is 0 Å². The fraction of sp³-hybridized carbons (Fsp3) is 0.133. The van der Waals surface area contributed by atoms with E-state index in [9.17, 15) is 4.79 Å². The second kappa shape index (κ2) is 5.85. The molecular formula is C15H13N3O2. The van der Waals surface area contributed by atoms with Gasteiger partial charge in [0.05, 0.1) is 30.0 Å². The topological polar surface area (TPSA) is 75.0 Å². The maximum Gasteiger partial charge on any atom is 0.257 e. The highest BCUT2D eigenvalue weighted by Gasteiger charge is 2.10. The third-order valence-corrected chi connectivity index (χ3v) is 2.72. The van der Waals surface area contributed by atoms with Crippen LogP contribution < -0.4 is 10.1 Å². The van der Waals surface area contributed by atoms with E-state index in [1.54, 1.807) is 30.5 Å². The van der Waals surface area contributed by atoms with Gasteiger partial charge in [0, 0.05) is 18.5 Å². The van der Waals surface area contributed by atoms with E-state index in [2.05, 4.69) is 10.3 Å². The Morgan fingerprint density at radius 3 is 2.80 bits per heavy atom. The summed E-state index contributed by atoms with van der Waals surface area (Å²) in [5, 5.41) is 11.6. The van der Waals surface area contributed by atoms with Crippen LogP contribution in [0.15, 0.2) is 36.7 Å². The first-order valence-corrected chi connectivity index (χ1v) is 5.95. The van der Waals surface area contributed by atoms with Gasteiger partial charge in [0.15, 0.2) is 0 Å². The second-order valence-electron chi connectivity index (χ2n) is 4.23. The van der Waals surface area contributed by atoms with Crippen molar-refractivity contribution in [1.82, 2.24) is 4.98 Å². The van der Waals surface area contributed by atoms with E-state index in [-0.39, 0.29) is 5.91 Å². The van der Waals surface area contributed by atoms with Crippen molar-refractivity contribution >= 4 is 11.6 Å². The minimum absolute atomic E-state index is 0.274. The lowest BCUT2D eigenvalue weighted by Crippen LogP contribution is -2.13. The normalized spacial score (nSPS) is 9.65. The third kappa shape index (κ3) is 2.93. The van der Waals surface area contributed by atoms with Crippen molar-refractivity contribution in [2.75, 3.05) is 12.4 Å². The van der Waals surface area contributed by atoms with Gasteiger partial charge in [-0.1, -0.05) is 0 Å². The molecule has 1 heterocycles. The van der Waals surface area contributed by atoms with Crippen LogP contribution in [-0.2, 0) is 0 Å². The summed E-state index contributed by atoms with van der Waals surface area (Å²) in [6.07, 6.45) is 3.18. The molecule has 0 aliphatic heterocycles. The molecule has 5 nitrogen and oxygen atoms in total. The number of hydrogen-bond acceptors (Lipinski definition) is 4. The molecule has 5 heteroatoms. The Labute approximate surface area is 116 Å². The van der Waals surface area contributed by atoms with E-state index in [4.69, 9.17) is 10.00 Å². The summed E-state index contributed by atoms with van der Waals surface area (Å²) in [7, 11) is 1.49. The standard InChI is InChI=1S/C15H13N3O2/c1-10-5-12(9-17-8-10)15(19)18-13-4-3-11(7-16)6-14(13)20-2/h3-6,8-9H,1-2H3,(H,18,19). The largest absolute Gasteiger partial charge is 0.495 e. The van der Waals surface area contributed by atoms with Crippen LogP contribution in [0.3, 0.4) is 0 Å². The zero-order valence-corrected chi connectivity index (χ0v) is 11.2. The highest BCUT2D eigenvalue weighted by Crippen LogP contribution is 2.25. The quantitative estimate of drug-likeness (QED) is 0.927. The van der Waals surface area contributed by atoms with Crippen LogP contribution in [0.5, 0.6) is 5.75 Å². The lowest BCUT2D eigenvalue weighted by molar-refractivity contribution is 0.102. The molecule has 1 N–H and O–H groups in total. The van der Waals surface area contributed by atoms with Crippen LogP contribution in [0.2, 0.25) is 0 Å². The van der Waals surface area contributed by atoms with Crippen molar-refractivity contribution in [2.24, 2.45) is 0 Å². The van der Waals surface area contributed by atoms with Gasteiger partial charge in [-0.2, -0.15) is 5.26 Å². The van der Waals surface area contributed by atoms with E-state index in [0.717, 1.165) is 5.56 Å². The molecule has 2 rings (SSSR count). The molecule has 0 fully saturated rings. The number of nitrogens with zero attached hydrogens (tertiary/aromatic N) is 2. The average Bonchev–Trinajstić information content (AvgIpc) is 2.47. The molecule has 0 spiro atoms. The van der Waals surface area contributed by atoms with E-state index in [1.807, 2.05) is 13.0 Å². The molecule has 0 bridgehead atoms. The highest BCUT2D eigenvalue weighted by molar-refractivity contribution is 6.04. The van der Waals surface area contributed by atoms with Crippen molar-refractivity contribution in [1.29, 1.82) is 5.26 Å². The Hall–Kier alpha value is -2.87. The molecule has 0 saturated heterocycles.